The van der Waals surface area contributed by atoms with Crippen LogP contribution >= 0.6 is 0 Å². The van der Waals surface area contributed by atoms with E-state index in [1.807, 2.05) is 0 Å². The molecule has 2 saturated heterocycles. The second-order valence-electron chi connectivity index (χ2n) is 7.89. The van der Waals surface area contributed by atoms with Crippen LogP contribution in [0.2, 0.25) is 0 Å². The Morgan fingerprint density at radius 1 is 1.25 bits per heavy atom. The molecule has 2 aliphatic heterocycles. The third-order valence-electron chi connectivity index (χ3n) is 4.89. The maximum atomic E-state index is 11.8. The molecule has 2 heterocycles. The van der Waals surface area contributed by atoms with Gasteiger partial charge in [-0.05, 0) is 17.8 Å². The van der Waals surface area contributed by atoms with Crippen molar-refractivity contribution in [1.29, 1.82) is 0 Å². The van der Waals surface area contributed by atoms with Gasteiger partial charge in [-0.15, -0.1) is 0 Å². The van der Waals surface area contributed by atoms with Gasteiger partial charge in [-0.25, -0.2) is 8.42 Å². The molecule has 5 heteroatoms. The van der Waals surface area contributed by atoms with Crippen molar-refractivity contribution in [2.75, 3.05) is 24.6 Å². The van der Waals surface area contributed by atoms with Crippen molar-refractivity contribution in [2.45, 2.75) is 59.2 Å². The first-order valence-corrected chi connectivity index (χ1v) is 9.62. The second kappa shape index (κ2) is 5.58. The molecule has 0 aromatic heterocycles. The fraction of sp³-hybridized carbons (Fsp3) is 1.00. The van der Waals surface area contributed by atoms with E-state index in [1.54, 1.807) is 0 Å². The van der Waals surface area contributed by atoms with E-state index < -0.39 is 9.84 Å². The van der Waals surface area contributed by atoms with E-state index in [9.17, 15) is 8.42 Å². The van der Waals surface area contributed by atoms with Crippen molar-refractivity contribution >= 4 is 9.84 Å². The molecule has 0 saturated carbocycles. The van der Waals surface area contributed by atoms with Gasteiger partial charge in [-0.3, -0.25) is 4.90 Å². The van der Waals surface area contributed by atoms with Gasteiger partial charge in [0.05, 0.1) is 11.5 Å². The van der Waals surface area contributed by atoms with Crippen LogP contribution in [0, 0.1) is 11.3 Å². The minimum atomic E-state index is -2.81. The highest BCUT2D eigenvalue weighted by Crippen LogP contribution is 2.29. The smallest absolute Gasteiger partial charge is 0.151 e. The molecule has 0 spiro atoms. The number of sulfone groups is 1. The summed E-state index contributed by atoms with van der Waals surface area (Å²) < 4.78 is 23.6. The van der Waals surface area contributed by atoms with Crippen LogP contribution < -0.4 is 5.32 Å². The van der Waals surface area contributed by atoms with Gasteiger partial charge in [-0.2, -0.15) is 0 Å². The second-order valence-corrected chi connectivity index (χ2v) is 10.1. The summed E-state index contributed by atoms with van der Waals surface area (Å²) in [7, 11) is -2.81. The Balaban J connectivity index is 2.16. The zero-order valence-electron chi connectivity index (χ0n) is 13.5. The Morgan fingerprint density at radius 2 is 1.90 bits per heavy atom. The highest BCUT2D eigenvalue weighted by Gasteiger charge is 2.41. The first-order chi connectivity index (χ1) is 9.10. The predicted octanol–water partition coefficient (Wildman–Crippen LogP) is 1.52. The molecule has 0 aromatic carbocycles. The van der Waals surface area contributed by atoms with Crippen molar-refractivity contribution in [2.24, 2.45) is 11.3 Å². The molecule has 2 aliphatic rings. The van der Waals surface area contributed by atoms with E-state index in [-0.39, 0.29) is 11.5 Å². The lowest BCUT2D eigenvalue weighted by molar-refractivity contribution is 0.0367. The van der Waals surface area contributed by atoms with E-state index in [2.05, 4.69) is 44.8 Å². The molecule has 0 aromatic rings. The minimum Gasteiger partial charge on any atom is -0.311 e. The lowest BCUT2D eigenvalue weighted by Crippen LogP contribution is -2.64. The van der Waals surface area contributed by atoms with E-state index in [1.165, 1.54) is 0 Å². The molecule has 3 atom stereocenters. The highest BCUT2D eigenvalue weighted by molar-refractivity contribution is 7.91. The van der Waals surface area contributed by atoms with Gasteiger partial charge in [0.15, 0.2) is 9.84 Å². The third-order valence-corrected chi connectivity index (χ3v) is 6.64. The number of piperazine rings is 1. The van der Waals surface area contributed by atoms with Crippen LogP contribution in [0.25, 0.3) is 0 Å². The van der Waals surface area contributed by atoms with E-state index in [4.69, 9.17) is 0 Å². The Morgan fingerprint density at radius 3 is 2.35 bits per heavy atom. The zero-order chi connectivity index (χ0) is 15.1. The van der Waals surface area contributed by atoms with Crippen LogP contribution in [0.4, 0.5) is 0 Å². The van der Waals surface area contributed by atoms with E-state index >= 15 is 0 Å². The van der Waals surface area contributed by atoms with Crippen molar-refractivity contribution in [3.63, 3.8) is 0 Å². The number of hydrogen-bond acceptors (Lipinski definition) is 4. The summed E-state index contributed by atoms with van der Waals surface area (Å²) in [5.74, 6) is 1.27. The summed E-state index contributed by atoms with van der Waals surface area (Å²) in [4.78, 5) is 2.49. The molecule has 3 unspecified atom stereocenters. The molecule has 0 aliphatic carbocycles. The lowest BCUT2D eigenvalue weighted by atomic mass is 9.83. The first kappa shape index (κ1) is 16.2. The summed E-state index contributed by atoms with van der Waals surface area (Å²) >= 11 is 0. The van der Waals surface area contributed by atoms with Crippen LogP contribution in [-0.4, -0.2) is 56.0 Å². The van der Waals surface area contributed by atoms with Crippen LogP contribution in [0.5, 0.6) is 0 Å². The Hall–Kier alpha value is -0.130. The number of hydrogen-bond donors (Lipinski definition) is 1. The van der Waals surface area contributed by atoms with Crippen molar-refractivity contribution in [1.82, 2.24) is 10.2 Å². The molecule has 20 heavy (non-hydrogen) atoms. The predicted molar refractivity (Wildman–Crippen MR) is 83.6 cm³/mol. The van der Waals surface area contributed by atoms with Crippen LogP contribution in [0.1, 0.15) is 41.0 Å². The van der Waals surface area contributed by atoms with Crippen molar-refractivity contribution < 1.29 is 8.42 Å². The summed E-state index contributed by atoms with van der Waals surface area (Å²) in [6, 6.07) is 1.10. The molecule has 118 valence electrons. The molecule has 0 bridgehead atoms. The van der Waals surface area contributed by atoms with Gasteiger partial charge < -0.3 is 5.32 Å². The molecule has 2 rings (SSSR count). The molecule has 2 fully saturated rings. The lowest BCUT2D eigenvalue weighted by Gasteiger charge is -2.48. The van der Waals surface area contributed by atoms with Gasteiger partial charge in [0.2, 0.25) is 0 Å². The fourth-order valence-electron chi connectivity index (χ4n) is 3.45. The van der Waals surface area contributed by atoms with Crippen molar-refractivity contribution in [3.8, 4) is 0 Å². The third kappa shape index (κ3) is 3.55. The first-order valence-electron chi connectivity index (χ1n) is 7.80. The monoisotopic (exact) mass is 302 g/mol. The molecule has 4 nitrogen and oxygen atoms in total. The zero-order valence-corrected chi connectivity index (χ0v) is 14.3. The highest BCUT2D eigenvalue weighted by atomic mass is 32.2. The maximum Gasteiger partial charge on any atom is 0.151 e. The van der Waals surface area contributed by atoms with Crippen LogP contribution in [0.3, 0.4) is 0 Å². The summed E-state index contributed by atoms with van der Waals surface area (Å²) in [5, 5.41) is 3.67. The SMILES string of the molecule is CC(C)C1CNC(C(C)(C)C)CN1C1CCS(=O)(=O)C1. The van der Waals surface area contributed by atoms with Gasteiger partial charge in [0.1, 0.15) is 0 Å². The summed E-state index contributed by atoms with van der Waals surface area (Å²) in [6.45, 7) is 13.2. The Kier molecular flexibility index (Phi) is 4.53. The van der Waals surface area contributed by atoms with E-state index in [0.717, 1.165) is 19.5 Å². The normalized spacial score (nSPS) is 35.6. The Bertz CT molecular complexity index is 439. The minimum absolute atomic E-state index is 0.206. The molecular formula is C15H30N2O2S. The van der Waals surface area contributed by atoms with Crippen LogP contribution in [-0.2, 0) is 9.84 Å². The van der Waals surface area contributed by atoms with Gasteiger partial charge >= 0.3 is 0 Å². The van der Waals surface area contributed by atoms with E-state index in [0.29, 0.717) is 29.5 Å². The topological polar surface area (TPSA) is 49.4 Å². The average molecular weight is 302 g/mol. The number of rotatable bonds is 2. The number of nitrogens with one attached hydrogen (secondary N) is 1. The largest absolute Gasteiger partial charge is 0.311 e. The molecule has 1 N–H and O–H groups in total. The van der Waals surface area contributed by atoms with Gasteiger partial charge in [0.25, 0.3) is 0 Å². The Labute approximate surface area is 124 Å². The summed E-state index contributed by atoms with van der Waals surface area (Å²) in [5.41, 5.74) is 0.206. The standard InChI is InChI=1S/C15H30N2O2S/c1-11(2)13-8-16-14(15(3,4)5)9-17(13)12-6-7-20(18,19)10-12/h11-14,16H,6-10H2,1-5H3. The van der Waals surface area contributed by atoms with Crippen molar-refractivity contribution in [3.05, 3.63) is 0 Å². The quantitative estimate of drug-likeness (QED) is 0.840. The molecular weight excluding hydrogens is 272 g/mol. The van der Waals surface area contributed by atoms with Crippen LogP contribution in [0.15, 0.2) is 0 Å². The molecule has 0 amide bonds. The average Bonchev–Trinajstić information content (AvgIpc) is 2.67. The fourth-order valence-corrected chi connectivity index (χ4v) is 5.19. The van der Waals surface area contributed by atoms with Gasteiger partial charge in [-0.1, -0.05) is 34.6 Å². The molecule has 0 radical (unpaired) electrons. The summed E-state index contributed by atoms with van der Waals surface area (Å²) in [6.07, 6.45) is 0.808. The number of nitrogens with zero attached hydrogens (tertiary/aromatic N) is 1. The maximum absolute atomic E-state index is 11.8. The van der Waals surface area contributed by atoms with Gasteiger partial charge in [0, 0.05) is 31.2 Å².